The molecule has 0 unspecified atom stereocenters. The topological polar surface area (TPSA) is 112 Å². The molecule has 2 saturated heterocycles. The Morgan fingerprint density at radius 2 is 2.20 bits per heavy atom. The van der Waals surface area contributed by atoms with Gasteiger partial charge in [0, 0.05) is 51.5 Å². The molecule has 3 aliphatic rings. The average molecular weight is 497 g/mol. The van der Waals surface area contributed by atoms with Crippen LogP contribution in [0, 0.1) is 17.2 Å². The Morgan fingerprint density at radius 3 is 3.00 bits per heavy atom. The van der Waals surface area contributed by atoms with Gasteiger partial charge in [0.1, 0.15) is 23.7 Å². The number of nitrogens with one attached hydrogen (secondary N) is 2. The Hall–Kier alpha value is -2.93. The molecule has 2 aromatic rings. The summed E-state index contributed by atoms with van der Waals surface area (Å²) in [4.78, 5) is 24.3. The fourth-order valence-electron chi connectivity index (χ4n) is 4.83. The Labute approximate surface area is 209 Å². The summed E-state index contributed by atoms with van der Waals surface area (Å²) in [5.74, 6) is 1.98. The van der Waals surface area contributed by atoms with E-state index in [9.17, 15) is 4.79 Å². The summed E-state index contributed by atoms with van der Waals surface area (Å²) in [7, 11) is 0. The maximum Gasteiger partial charge on any atom is 0.318 e. The highest BCUT2D eigenvalue weighted by Crippen LogP contribution is 2.24. The van der Waals surface area contributed by atoms with E-state index in [0.29, 0.717) is 48.4 Å². The minimum absolute atomic E-state index is 0.125. The number of ether oxygens (including phenoxy) is 2. The van der Waals surface area contributed by atoms with Crippen LogP contribution in [0.25, 0.3) is 0 Å². The second kappa shape index (κ2) is 10.8. The van der Waals surface area contributed by atoms with Crippen molar-refractivity contribution in [2.24, 2.45) is 5.92 Å². The fourth-order valence-corrected chi connectivity index (χ4v) is 5.04. The van der Waals surface area contributed by atoms with Gasteiger partial charge in [-0.3, -0.25) is 0 Å². The minimum atomic E-state index is -0.242. The van der Waals surface area contributed by atoms with Crippen molar-refractivity contribution in [1.82, 2.24) is 25.5 Å². The van der Waals surface area contributed by atoms with Crippen molar-refractivity contribution in [2.75, 3.05) is 32.8 Å². The van der Waals surface area contributed by atoms with Crippen LogP contribution in [0.3, 0.4) is 0 Å². The molecule has 4 heterocycles. The van der Waals surface area contributed by atoms with Crippen LogP contribution in [0.1, 0.15) is 35.5 Å². The molecule has 9 nitrogen and oxygen atoms in total. The van der Waals surface area contributed by atoms with Crippen molar-refractivity contribution in [3.63, 3.8) is 0 Å². The van der Waals surface area contributed by atoms with E-state index in [1.54, 1.807) is 18.2 Å². The third-order valence-corrected chi connectivity index (χ3v) is 7.22. The molecule has 0 spiro atoms. The molecule has 184 valence electrons. The highest BCUT2D eigenvalue weighted by atomic mass is 35.5. The van der Waals surface area contributed by atoms with Crippen molar-refractivity contribution >= 4 is 17.6 Å². The predicted molar refractivity (Wildman–Crippen MR) is 129 cm³/mol. The van der Waals surface area contributed by atoms with Crippen LogP contribution in [0.5, 0.6) is 5.75 Å². The summed E-state index contributed by atoms with van der Waals surface area (Å²) in [6, 6.07) is 6.72. The summed E-state index contributed by atoms with van der Waals surface area (Å²) in [6.45, 7) is 3.93. The lowest BCUT2D eigenvalue weighted by molar-refractivity contribution is 0.0659. The van der Waals surface area contributed by atoms with Gasteiger partial charge in [0.15, 0.2) is 0 Å². The molecule has 0 aliphatic carbocycles. The molecule has 2 amide bonds. The van der Waals surface area contributed by atoms with Crippen LogP contribution in [0.15, 0.2) is 24.4 Å². The Balaban J connectivity index is 1.19. The van der Waals surface area contributed by atoms with Gasteiger partial charge in [0.25, 0.3) is 0 Å². The average Bonchev–Trinajstić information content (AvgIpc) is 3.30. The van der Waals surface area contributed by atoms with Crippen molar-refractivity contribution in [3.05, 3.63) is 52.1 Å². The first kappa shape index (κ1) is 23.8. The number of amides is 2. The largest absolute Gasteiger partial charge is 0.487 e. The number of urea groups is 1. The van der Waals surface area contributed by atoms with Crippen LogP contribution >= 0.6 is 11.6 Å². The molecule has 2 fully saturated rings. The number of hydrogen-bond donors (Lipinski definition) is 2. The summed E-state index contributed by atoms with van der Waals surface area (Å²) >= 11 is 6.13. The predicted octanol–water partition coefficient (Wildman–Crippen LogP) is 2.46. The molecule has 3 aliphatic heterocycles. The number of halogens is 1. The normalized spacial score (nSPS) is 22.3. The smallest absolute Gasteiger partial charge is 0.318 e. The molecular weight excluding hydrogens is 468 g/mol. The number of fused-ring (bicyclic) bond motifs is 1. The van der Waals surface area contributed by atoms with E-state index in [1.165, 1.54) is 0 Å². The van der Waals surface area contributed by atoms with E-state index in [1.807, 2.05) is 17.2 Å². The van der Waals surface area contributed by atoms with Crippen LogP contribution in [0.4, 0.5) is 4.79 Å². The molecule has 1 aromatic heterocycles. The lowest BCUT2D eigenvalue weighted by Gasteiger charge is -2.30. The highest BCUT2D eigenvalue weighted by Gasteiger charge is 2.32. The summed E-state index contributed by atoms with van der Waals surface area (Å²) < 4.78 is 11.5. The third kappa shape index (κ3) is 5.67. The van der Waals surface area contributed by atoms with Crippen LogP contribution in [-0.2, 0) is 24.1 Å². The van der Waals surface area contributed by atoms with E-state index in [0.717, 1.165) is 56.0 Å². The molecule has 2 N–H and O–H groups in total. The molecule has 5 rings (SSSR count). The molecule has 0 radical (unpaired) electrons. The maximum absolute atomic E-state index is 13.1. The molecule has 35 heavy (non-hydrogen) atoms. The van der Waals surface area contributed by atoms with E-state index in [4.69, 9.17) is 31.3 Å². The van der Waals surface area contributed by atoms with Crippen molar-refractivity contribution in [2.45, 2.75) is 44.4 Å². The third-order valence-electron chi connectivity index (χ3n) is 6.91. The van der Waals surface area contributed by atoms with Gasteiger partial charge in [-0.2, -0.15) is 5.26 Å². The first-order valence-corrected chi connectivity index (χ1v) is 12.5. The molecule has 10 heteroatoms. The first-order chi connectivity index (χ1) is 17.1. The number of rotatable bonds is 5. The SMILES string of the molecule is N#Cc1ccc(O[C@H]2CNC[C@@H]2NC(=O)N2CCc3cnc(CC4CCOCC4)nc3C2)cc1Cl. The van der Waals surface area contributed by atoms with Gasteiger partial charge in [0.2, 0.25) is 0 Å². The van der Waals surface area contributed by atoms with Crippen molar-refractivity contribution in [3.8, 4) is 11.8 Å². The standard InChI is InChI=1S/C25H29ClN6O3/c26-20-10-19(2-1-17(20)11-27)35-23-14-28-13-21(23)31-25(33)32-6-3-18-12-29-24(30-22(18)15-32)9-16-4-7-34-8-5-16/h1-2,10,12,16,21,23,28H,3-9,13-15H2,(H,31,33)/t21-,23-/m0/s1. The van der Waals surface area contributed by atoms with Crippen LogP contribution in [-0.4, -0.2) is 65.9 Å². The number of carbonyl (C=O) groups excluding carboxylic acids is 1. The summed E-state index contributed by atoms with van der Waals surface area (Å²) in [5, 5.41) is 15.8. The van der Waals surface area contributed by atoms with Gasteiger partial charge >= 0.3 is 6.03 Å². The summed E-state index contributed by atoms with van der Waals surface area (Å²) in [6.07, 6.45) is 5.38. The fraction of sp³-hybridized carbons (Fsp3) is 0.520. The van der Waals surface area contributed by atoms with Crippen molar-refractivity contribution in [1.29, 1.82) is 5.26 Å². The number of nitriles is 1. The second-order valence-corrected chi connectivity index (χ2v) is 9.72. The molecule has 2 atom stereocenters. The first-order valence-electron chi connectivity index (χ1n) is 12.1. The van der Waals surface area contributed by atoms with E-state index >= 15 is 0 Å². The number of aromatic nitrogens is 2. The van der Waals surface area contributed by atoms with Crippen LogP contribution < -0.4 is 15.4 Å². The lowest BCUT2D eigenvalue weighted by Crippen LogP contribution is -2.51. The van der Waals surface area contributed by atoms with E-state index < -0.39 is 0 Å². The second-order valence-electron chi connectivity index (χ2n) is 9.31. The number of benzene rings is 1. The quantitative estimate of drug-likeness (QED) is 0.653. The molecule has 0 bridgehead atoms. The number of nitrogens with zero attached hydrogens (tertiary/aromatic N) is 4. The van der Waals surface area contributed by atoms with Gasteiger partial charge in [-0.25, -0.2) is 14.8 Å². The molecule has 0 saturated carbocycles. The zero-order chi connectivity index (χ0) is 24.2. The Kier molecular flexibility index (Phi) is 7.32. The summed E-state index contributed by atoms with van der Waals surface area (Å²) in [5.41, 5.74) is 2.46. The number of hydrogen-bond acceptors (Lipinski definition) is 7. The zero-order valence-electron chi connectivity index (χ0n) is 19.5. The highest BCUT2D eigenvalue weighted by molar-refractivity contribution is 6.31. The van der Waals surface area contributed by atoms with Gasteiger partial charge in [-0.1, -0.05) is 11.6 Å². The lowest BCUT2D eigenvalue weighted by atomic mass is 9.96. The van der Waals surface area contributed by atoms with E-state index in [-0.39, 0.29) is 18.2 Å². The van der Waals surface area contributed by atoms with Gasteiger partial charge in [0.05, 0.1) is 28.9 Å². The zero-order valence-corrected chi connectivity index (χ0v) is 20.3. The Bertz CT molecular complexity index is 1120. The van der Waals surface area contributed by atoms with Gasteiger partial charge < -0.3 is 25.0 Å². The number of carbonyl (C=O) groups is 1. The van der Waals surface area contributed by atoms with Crippen molar-refractivity contribution < 1.29 is 14.3 Å². The molecular formula is C25H29ClN6O3. The molecule has 1 aromatic carbocycles. The van der Waals surface area contributed by atoms with E-state index in [2.05, 4.69) is 15.6 Å². The van der Waals surface area contributed by atoms with Gasteiger partial charge in [-0.15, -0.1) is 0 Å². The van der Waals surface area contributed by atoms with Crippen LogP contribution in [0.2, 0.25) is 5.02 Å². The van der Waals surface area contributed by atoms with Gasteiger partial charge in [-0.05, 0) is 42.9 Å². The monoisotopic (exact) mass is 496 g/mol. The Morgan fingerprint density at radius 1 is 1.34 bits per heavy atom. The minimum Gasteiger partial charge on any atom is -0.487 e. The maximum atomic E-state index is 13.1.